The molecule has 5 heteroatoms. The average Bonchev–Trinajstić information content (AvgIpc) is 2.62. The van der Waals surface area contributed by atoms with Crippen molar-refractivity contribution in [1.82, 2.24) is 14.8 Å². The second kappa shape index (κ2) is 7.66. The van der Waals surface area contributed by atoms with Gasteiger partial charge in [-0.05, 0) is 36.9 Å². The van der Waals surface area contributed by atoms with Crippen molar-refractivity contribution in [2.45, 2.75) is 6.54 Å². The second-order valence-corrected chi connectivity index (χ2v) is 6.60. The number of benzene rings is 1. The van der Waals surface area contributed by atoms with Gasteiger partial charge in [-0.2, -0.15) is 0 Å². The molecular formula is C20H25FN4. The molecule has 0 bridgehead atoms. The second-order valence-electron chi connectivity index (χ2n) is 6.60. The van der Waals surface area contributed by atoms with Crippen molar-refractivity contribution in [1.29, 1.82) is 0 Å². The summed E-state index contributed by atoms with van der Waals surface area (Å²) in [5.74, 6) is 0.776. The molecule has 0 amide bonds. The molecule has 1 aromatic carbocycles. The van der Waals surface area contributed by atoms with Crippen LogP contribution in [0.4, 0.5) is 10.2 Å². The van der Waals surface area contributed by atoms with E-state index in [0.29, 0.717) is 6.54 Å². The summed E-state index contributed by atoms with van der Waals surface area (Å²) in [7, 11) is 4.10. The van der Waals surface area contributed by atoms with E-state index in [2.05, 4.69) is 29.5 Å². The Kier molecular flexibility index (Phi) is 5.34. The summed E-state index contributed by atoms with van der Waals surface area (Å²) in [6.45, 7) is 8.84. The Labute approximate surface area is 149 Å². The van der Waals surface area contributed by atoms with Crippen LogP contribution in [-0.4, -0.2) is 55.1 Å². The Balaban J connectivity index is 1.70. The third-order valence-electron chi connectivity index (χ3n) is 4.63. The zero-order valence-corrected chi connectivity index (χ0v) is 15.0. The Morgan fingerprint density at radius 2 is 1.88 bits per heavy atom. The zero-order chi connectivity index (χ0) is 17.8. The number of rotatable bonds is 5. The van der Waals surface area contributed by atoms with E-state index < -0.39 is 0 Å². The topological polar surface area (TPSA) is 22.6 Å². The molecule has 1 aliphatic heterocycles. The molecule has 2 aromatic rings. The third-order valence-corrected chi connectivity index (χ3v) is 4.63. The molecule has 1 saturated heterocycles. The summed E-state index contributed by atoms with van der Waals surface area (Å²) < 4.78 is 13.4. The lowest BCUT2D eigenvalue weighted by Crippen LogP contribution is -2.44. The highest BCUT2D eigenvalue weighted by Crippen LogP contribution is 2.21. The van der Waals surface area contributed by atoms with Crippen LogP contribution in [0.3, 0.4) is 0 Å². The molecule has 0 radical (unpaired) electrons. The minimum atomic E-state index is -0.216. The van der Waals surface area contributed by atoms with Gasteiger partial charge >= 0.3 is 0 Å². The maximum absolute atomic E-state index is 13.4. The van der Waals surface area contributed by atoms with E-state index in [1.807, 2.05) is 30.1 Å². The SMILES string of the molecule is C=C(c1cccc(N2CCN(C)CC2)n1)N(C)Cc1cccc(F)c1. The molecule has 132 valence electrons. The Morgan fingerprint density at radius 1 is 1.16 bits per heavy atom. The van der Waals surface area contributed by atoms with Gasteiger partial charge in [0.2, 0.25) is 0 Å². The first-order chi connectivity index (χ1) is 12.0. The molecule has 0 unspecified atom stereocenters. The molecule has 1 fully saturated rings. The molecule has 0 atom stereocenters. The zero-order valence-electron chi connectivity index (χ0n) is 15.0. The van der Waals surface area contributed by atoms with Crippen LogP contribution in [0.15, 0.2) is 49.0 Å². The molecule has 0 aliphatic carbocycles. The fourth-order valence-electron chi connectivity index (χ4n) is 3.00. The standard InChI is InChI=1S/C20H25FN4/c1-16(24(3)15-17-6-4-7-18(21)14-17)19-8-5-9-20(22-19)25-12-10-23(2)11-13-25/h4-9,14H,1,10-13,15H2,2-3H3. The minimum absolute atomic E-state index is 0.216. The summed E-state index contributed by atoms with van der Waals surface area (Å²) in [6, 6.07) is 12.7. The molecule has 4 nitrogen and oxygen atoms in total. The largest absolute Gasteiger partial charge is 0.369 e. The molecule has 1 aliphatic rings. The summed E-state index contributed by atoms with van der Waals surface area (Å²) in [4.78, 5) is 11.4. The van der Waals surface area contributed by atoms with Crippen LogP contribution in [0.25, 0.3) is 5.70 Å². The fraction of sp³-hybridized carbons (Fsp3) is 0.350. The van der Waals surface area contributed by atoms with Crippen molar-refractivity contribution in [2.24, 2.45) is 0 Å². The maximum atomic E-state index is 13.4. The van der Waals surface area contributed by atoms with Crippen LogP contribution in [0.1, 0.15) is 11.3 Å². The highest BCUT2D eigenvalue weighted by atomic mass is 19.1. The van der Waals surface area contributed by atoms with Crippen LogP contribution in [0.2, 0.25) is 0 Å². The van der Waals surface area contributed by atoms with Crippen molar-refractivity contribution >= 4 is 11.5 Å². The van der Waals surface area contributed by atoms with Gasteiger partial charge in [0.25, 0.3) is 0 Å². The fourth-order valence-corrected chi connectivity index (χ4v) is 3.00. The van der Waals surface area contributed by atoms with Crippen molar-refractivity contribution in [3.05, 3.63) is 66.1 Å². The average molecular weight is 340 g/mol. The van der Waals surface area contributed by atoms with E-state index in [-0.39, 0.29) is 5.82 Å². The van der Waals surface area contributed by atoms with Crippen LogP contribution in [0, 0.1) is 5.82 Å². The molecular weight excluding hydrogens is 315 g/mol. The van der Waals surface area contributed by atoms with Gasteiger partial charge in [-0.1, -0.05) is 24.8 Å². The molecule has 3 rings (SSSR count). The van der Waals surface area contributed by atoms with E-state index >= 15 is 0 Å². The van der Waals surface area contributed by atoms with Crippen LogP contribution in [0.5, 0.6) is 0 Å². The highest BCUT2D eigenvalue weighted by molar-refractivity contribution is 5.60. The van der Waals surface area contributed by atoms with Crippen molar-refractivity contribution in [3.63, 3.8) is 0 Å². The Bertz CT molecular complexity index is 738. The van der Waals surface area contributed by atoms with E-state index in [1.54, 1.807) is 12.1 Å². The van der Waals surface area contributed by atoms with Gasteiger partial charge in [-0.25, -0.2) is 9.37 Å². The third kappa shape index (κ3) is 4.37. The number of nitrogens with zero attached hydrogens (tertiary/aromatic N) is 4. The van der Waals surface area contributed by atoms with E-state index in [4.69, 9.17) is 4.98 Å². The summed E-state index contributed by atoms with van der Waals surface area (Å²) in [5.41, 5.74) is 2.61. The molecule has 25 heavy (non-hydrogen) atoms. The van der Waals surface area contributed by atoms with Gasteiger partial charge in [-0.3, -0.25) is 0 Å². The van der Waals surface area contributed by atoms with Gasteiger partial charge in [0.05, 0.1) is 11.4 Å². The predicted octanol–water partition coefficient (Wildman–Crippen LogP) is 3.08. The number of aromatic nitrogens is 1. The van der Waals surface area contributed by atoms with Crippen molar-refractivity contribution in [3.8, 4) is 0 Å². The van der Waals surface area contributed by atoms with E-state index in [9.17, 15) is 4.39 Å². The number of piperazine rings is 1. The summed E-state index contributed by atoms with van der Waals surface area (Å²) in [6.07, 6.45) is 0. The summed E-state index contributed by atoms with van der Waals surface area (Å²) in [5, 5.41) is 0. The smallest absolute Gasteiger partial charge is 0.129 e. The Hall–Kier alpha value is -2.40. The first kappa shape index (κ1) is 17.4. The number of likely N-dealkylation sites (N-methyl/N-ethyl adjacent to an activating group) is 1. The maximum Gasteiger partial charge on any atom is 0.129 e. The van der Waals surface area contributed by atoms with Gasteiger partial charge in [0.15, 0.2) is 0 Å². The van der Waals surface area contributed by atoms with Crippen LogP contribution in [-0.2, 0) is 6.54 Å². The lowest BCUT2D eigenvalue weighted by atomic mass is 10.2. The number of hydrogen-bond acceptors (Lipinski definition) is 4. The Morgan fingerprint density at radius 3 is 2.60 bits per heavy atom. The van der Waals surface area contributed by atoms with Crippen molar-refractivity contribution < 1.29 is 4.39 Å². The van der Waals surface area contributed by atoms with Crippen LogP contribution >= 0.6 is 0 Å². The van der Waals surface area contributed by atoms with E-state index in [1.165, 1.54) is 6.07 Å². The number of pyridine rings is 1. The summed E-state index contributed by atoms with van der Waals surface area (Å²) >= 11 is 0. The minimum Gasteiger partial charge on any atom is -0.369 e. The van der Waals surface area contributed by atoms with Gasteiger partial charge in [0.1, 0.15) is 11.6 Å². The molecule has 0 spiro atoms. The highest BCUT2D eigenvalue weighted by Gasteiger charge is 2.16. The number of halogens is 1. The van der Waals surface area contributed by atoms with Gasteiger partial charge in [-0.15, -0.1) is 0 Å². The first-order valence-electron chi connectivity index (χ1n) is 8.58. The number of anilines is 1. The molecule has 0 N–H and O–H groups in total. The predicted molar refractivity (Wildman–Crippen MR) is 101 cm³/mol. The van der Waals surface area contributed by atoms with Crippen molar-refractivity contribution in [2.75, 3.05) is 45.2 Å². The lowest BCUT2D eigenvalue weighted by molar-refractivity contribution is 0.312. The lowest BCUT2D eigenvalue weighted by Gasteiger charge is -2.33. The van der Waals surface area contributed by atoms with Crippen LogP contribution < -0.4 is 4.90 Å². The van der Waals surface area contributed by atoms with Gasteiger partial charge in [0, 0.05) is 39.8 Å². The van der Waals surface area contributed by atoms with Gasteiger partial charge < -0.3 is 14.7 Å². The molecule has 1 aromatic heterocycles. The van der Waals surface area contributed by atoms with E-state index in [0.717, 1.165) is 49.0 Å². The number of hydrogen-bond donors (Lipinski definition) is 0. The monoisotopic (exact) mass is 340 g/mol. The molecule has 0 saturated carbocycles. The quantitative estimate of drug-likeness (QED) is 0.834. The molecule has 2 heterocycles. The first-order valence-corrected chi connectivity index (χ1v) is 8.58. The normalized spacial score (nSPS) is 15.2.